The van der Waals surface area contributed by atoms with Crippen molar-refractivity contribution in [2.75, 3.05) is 13.2 Å². The molecule has 0 bridgehead atoms. The summed E-state index contributed by atoms with van der Waals surface area (Å²) in [6.07, 6.45) is -13.2. The Morgan fingerprint density at radius 2 is 0.766 bits per heavy atom. The van der Waals surface area contributed by atoms with Crippen molar-refractivity contribution in [3.63, 3.8) is 0 Å². The fraction of sp³-hybridized carbons (Fsp3) is 0.714. The van der Waals surface area contributed by atoms with Gasteiger partial charge in [-0.2, -0.15) is 28.7 Å². The van der Waals surface area contributed by atoms with Gasteiger partial charge in [0, 0.05) is 71.7 Å². The van der Waals surface area contributed by atoms with E-state index in [-0.39, 0.29) is 48.1 Å². The number of dihydropyridines is 1. The molecule has 141 heavy (non-hydrogen) atoms. The molecule has 46 nitrogen and oxygen atoms in total. The Bertz CT molecular complexity index is 6130. The van der Waals surface area contributed by atoms with Crippen molar-refractivity contribution in [3.8, 4) is 0 Å². The molecule has 12 unspecified atom stereocenters. The molecule has 784 valence electrons. The molecular weight excluding hydrogens is 2000 g/mol. The number of nitrogens with two attached hydrogens (primary N) is 1. The van der Waals surface area contributed by atoms with Crippen LogP contribution >= 0.6 is 45.6 Å². The number of aromatic amines is 1. The standard InChI is InChI=1S/C15H23N4O5P.C14H19F2N2O5P.2C14H20FN2O5P.C14H21N2O6P.C13H18FN2O6P/c1-7(2)25(21)23-8(3)12-13(24-25)11(20)15(22-12)19-6-18-10-9(16)4-5-17-14(10)19;1-7(2)24(20)22-9(4)10-11(23-24)14(15,16)12(21-10)18-6-5-8(3)17-13(18)19;1-8(2)23(19)20-7-10-11(22-23)14(4,15)12(21-10)17-6-5-9(3)16-13(17)18;1-7(2)23(19)21-9(4)11-12(22-23)10(15)13(20-11)17-6-5-8(3)16-14(17)18;1-7(2)23(19)21-9(4)11-12(22-23)10(17)13(20-11)16-6-5-8(3)15-14(16)18;1-7(2)23(19)20-6-8-10(22-23)13(3,14)11(21-8)16-5-4-9(17)15-12(16)18/h4-8,10-15,20H,16H2,1-3H3;5-7,9-12H,1-4H3;5-6,8,10-12H,7H2,1-4H3;5-7,9-13H,1-4H3;5-7,9-13,17H,1-4H3;4-5,7-8,10-11H,6H2,1-3H3,(H,15,17,18)/t8?,10?,11-,12-,13+,14?,15-,25?;9?,10-,11-,12-,24?;10-,11-,12-,14-,23?;9?,10-,11-,12+,13-,23?;9?,10-,11+,12-,13+,23?;8-,10-,11-,13-,23?/m111101/s1. The average Bonchev–Trinajstić information content (AvgIpc) is 1.57. The molecule has 35 atom stereocenters. The number of H-pyrrole nitrogens is 1. The van der Waals surface area contributed by atoms with E-state index in [1.807, 2.05) is 4.98 Å². The van der Waals surface area contributed by atoms with Crippen molar-refractivity contribution in [1.29, 1.82) is 0 Å². The van der Waals surface area contributed by atoms with Crippen LogP contribution in [-0.4, -0.2) is 274 Å². The molecular formula is C84H121F5N14O32P6. The minimum Gasteiger partial charge on any atom is -0.400 e. The van der Waals surface area contributed by atoms with Crippen LogP contribution in [0.4, 0.5) is 22.0 Å². The van der Waals surface area contributed by atoms with E-state index in [0.717, 1.165) is 30.5 Å². The SMILES string of the molecule is CC(C)P1(=O)OC[C@H]2O[C@@H](n3ccc(=O)[nH]c3=O)[C@](C)(F)[C@@H]2O1.CC1OP(=O)(C(C)C)O[C@H]2[C@@H](O)[C@H](N3C=NC4C(N)=CC=NC43)O[C@H]12.Cc1ccn([C@@H]2O[C@@H]3C(C)OP(=O)(C(C)C)O[C@H]3C2(F)F)c(=O)n1.Cc1ccn([C@@H]2O[C@@H]3C(C)OP(=O)(C(C)C)O[C@H]3[C@@H]2O)c(=O)n1.Cc1ccn([C@@H]2O[C@@H]3C(C)OP(=O)(C(C)C)O[C@H]3[C@H]2F)c(=O)n1.Cc1ccn([C@@H]2O[C@@H]3COP(=O)(C(C)C)O[C@H]3[C@@]2(C)F)c(=O)n1. The van der Waals surface area contributed by atoms with Gasteiger partial charge >= 0.3 is 79.9 Å². The van der Waals surface area contributed by atoms with E-state index >= 15 is 8.78 Å². The maximum absolute atomic E-state index is 15.4. The molecule has 14 aliphatic heterocycles. The lowest BCUT2D eigenvalue weighted by Gasteiger charge is -2.38. The van der Waals surface area contributed by atoms with Crippen molar-refractivity contribution >= 4 is 58.1 Å². The highest BCUT2D eigenvalue weighted by molar-refractivity contribution is 7.56. The van der Waals surface area contributed by atoms with Gasteiger partial charge in [0.1, 0.15) is 85.4 Å². The Balaban J connectivity index is 0.000000135. The normalized spacial score (nSPS) is 41.5. The van der Waals surface area contributed by atoms with Gasteiger partial charge in [0.15, 0.2) is 60.9 Å². The van der Waals surface area contributed by atoms with E-state index in [2.05, 4.69) is 29.9 Å². The molecule has 0 saturated carbocycles. The average molecular weight is 2120 g/mol. The number of allylic oxidation sites excluding steroid dienone is 1. The molecule has 5 N–H and O–H groups in total. The second-order valence-electron chi connectivity index (χ2n) is 38.4. The number of aryl methyl sites for hydroxylation is 4. The fourth-order valence-corrected chi connectivity index (χ4v) is 27.6. The van der Waals surface area contributed by atoms with Crippen LogP contribution in [0.15, 0.2) is 112 Å². The number of nitrogens with one attached hydrogen (secondary N) is 1. The van der Waals surface area contributed by atoms with E-state index in [1.54, 1.807) is 173 Å². The van der Waals surface area contributed by atoms with Gasteiger partial charge < -0.3 is 76.4 Å². The molecule has 14 aliphatic rings. The number of aromatic nitrogens is 10. The largest absolute Gasteiger partial charge is 0.400 e. The predicted molar refractivity (Wildman–Crippen MR) is 492 cm³/mol. The number of aliphatic imine (C=N–C) groups is 2. The maximum atomic E-state index is 15.4. The number of ether oxygens (including phenoxy) is 6. The summed E-state index contributed by atoms with van der Waals surface area (Å²) in [4.78, 5) is 98.6. The first-order valence-electron chi connectivity index (χ1n) is 45.9. The van der Waals surface area contributed by atoms with Crippen LogP contribution in [0.3, 0.4) is 0 Å². The molecule has 0 aliphatic carbocycles. The molecule has 19 rings (SSSR count). The summed E-state index contributed by atoms with van der Waals surface area (Å²) in [7, 11) is -20.6. The van der Waals surface area contributed by atoms with Crippen LogP contribution in [0.1, 0.15) is 179 Å². The first kappa shape index (κ1) is 110. The Hall–Kier alpha value is -6.89. The molecule has 0 radical (unpaired) electrons. The van der Waals surface area contributed by atoms with Crippen molar-refractivity contribution in [2.24, 2.45) is 15.7 Å². The minimum absolute atomic E-state index is 0.0375. The van der Waals surface area contributed by atoms with Gasteiger partial charge in [-0.25, -0.2) is 37.1 Å². The maximum Gasteiger partial charge on any atom is 0.350 e. The van der Waals surface area contributed by atoms with Crippen molar-refractivity contribution in [3.05, 3.63) is 159 Å². The number of alkyl halides is 5. The number of fused-ring (bicyclic) bond motifs is 7. The summed E-state index contributed by atoms with van der Waals surface area (Å²) in [5.74, 6) is -3.56. The summed E-state index contributed by atoms with van der Waals surface area (Å²) in [5.41, 5.74) is -1.89. The number of halogens is 5. The summed E-state index contributed by atoms with van der Waals surface area (Å²) < 4.78 is 256. The van der Waals surface area contributed by atoms with E-state index in [1.165, 1.54) is 56.2 Å². The van der Waals surface area contributed by atoms with E-state index in [9.17, 15) is 79.5 Å². The highest BCUT2D eigenvalue weighted by Crippen LogP contribution is 2.68. The van der Waals surface area contributed by atoms with Gasteiger partial charge in [0.25, 0.3) is 5.56 Å². The number of hydrogen-bond acceptors (Lipinski definition) is 40. The van der Waals surface area contributed by atoms with E-state index in [4.69, 9.17) is 88.4 Å². The Morgan fingerprint density at radius 3 is 1.18 bits per heavy atom. The molecule has 12 saturated heterocycles. The molecule has 5 aromatic heterocycles. The van der Waals surface area contributed by atoms with Crippen molar-refractivity contribution in [1.82, 2.24) is 52.7 Å². The topological polar surface area (TPSA) is 557 Å². The summed E-state index contributed by atoms with van der Waals surface area (Å²) in [6, 6.07) is 7.08. The molecule has 0 aromatic carbocycles. The predicted octanol–water partition coefficient (Wildman–Crippen LogP) is 9.71. The van der Waals surface area contributed by atoms with Crippen LogP contribution in [0.5, 0.6) is 0 Å². The third-order valence-corrected chi connectivity index (χ3v) is 40.1. The quantitative estimate of drug-likeness (QED) is 0.0666. The van der Waals surface area contributed by atoms with Crippen LogP contribution in [0.2, 0.25) is 0 Å². The van der Waals surface area contributed by atoms with Gasteiger partial charge in [0.05, 0.1) is 77.9 Å². The van der Waals surface area contributed by atoms with Crippen LogP contribution in [0, 0.1) is 27.7 Å². The highest BCUT2D eigenvalue weighted by atomic mass is 31.2. The smallest absolute Gasteiger partial charge is 0.350 e. The first-order valence-corrected chi connectivity index (χ1v) is 55.5. The number of nitrogens with zero attached hydrogens (tertiary/aromatic N) is 12. The lowest BCUT2D eigenvalue weighted by Crippen LogP contribution is -2.50. The Kier molecular flexibility index (Phi) is 32.2. The zero-order valence-corrected chi connectivity index (χ0v) is 86.5. The summed E-state index contributed by atoms with van der Waals surface area (Å²) in [5, 5.41) is 21.4. The molecule has 57 heteroatoms. The van der Waals surface area contributed by atoms with Crippen LogP contribution < -0.4 is 39.7 Å². The van der Waals surface area contributed by atoms with Crippen molar-refractivity contribution < 1.29 is 142 Å². The highest BCUT2D eigenvalue weighted by Gasteiger charge is 2.69. The van der Waals surface area contributed by atoms with Gasteiger partial charge in [-0.3, -0.25) is 97.1 Å². The lowest BCUT2D eigenvalue weighted by atomic mass is 9.98. The van der Waals surface area contributed by atoms with Gasteiger partial charge in [-0.1, -0.05) is 83.1 Å². The number of hydrogen-bond donors (Lipinski definition) is 4. The second-order valence-corrected chi connectivity index (χ2v) is 53.7. The zero-order valence-electron chi connectivity index (χ0n) is 81.1. The second kappa shape index (κ2) is 41.3. The molecule has 12 fully saturated rings. The fourth-order valence-electron chi connectivity index (χ4n) is 17.6. The van der Waals surface area contributed by atoms with Gasteiger partial charge in [0.2, 0.25) is 6.23 Å². The number of rotatable bonds is 12. The van der Waals surface area contributed by atoms with Crippen molar-refractivity contribution in [2.45, 2.75) is 369 Å². The van der Waals surface area contributed by atoms with E-state index in [0.29, 0.717) is 28.5 Å². The number of aliphatic hydroxyl groups excluding tert-OH is 2. The van der Waals surface area contributed by atoms with Gasteiger partial charge in [-0.05, 0) is 99.6 Å². The zero-order chi connectivity index (χ0) is 104. The first-order chi connectivity index (χ1) is 65.6. The van der Waals surface area contributed by atoms with Crippen LogP contribution in [-0.2, 0) is 110 Å². The lowest BCUT2D eigenvalue weighted by molar-refractivity contribution is -0.136. The third-order valence-electron chi connectivity index (χ3n) is 25.8. The monoisotopic (exact) mass is 2120 g/mol. The van der Waals surface area contributed by atoms with Crippen LogP contribution in [0.25, 0.3) is 0 Å². The minimum atomic E-state index is -3.69. The Morgan fingerprint density at radius 1 is 0.418 bits per heavy atom. The molecule has 19 heterocycles. The summed E-state index contributed by atoms with van der Waals surface area (Å²) >= 11 is 0. The Labute approximate surface area is 806 Å². The molecule has 5 aromatic rings. The van der Waals surface area contributed by atoms with Gasteiger partial charge in [-0.15, -0.1) is 0 Å². The third kappa shape index (κ3) is 21.4. The summed E-state index contributed by atoms with van der Waals surface area (Å²) in [6.45, 7) is 36.0. The molecule has 0 spiro atoms. The molecule has 0 amide bonds. The number of aliphatic hydroxyl groups is 2. The van der Waals surface area contributed by atoms with E-state index < -0.39 is 262 Å².